The summed E-state index contributed by atoms with van der Waals surface area (Å²) < 4.78 is 24.7. The van der Waals surface area contributed by atoms with Crippen LogP contribution < -0.4 is 14.9 Å². The van der Waals surface area contributed by atoms with Crippen molar-refractivity contribution < 1.29 is 18.7 Å². The molecule has 0 fully saturated rings. The normalized spacial score (nSPS) is 13.5. The number of carbonyl (C=O) groups excluding carboxylic acids is 1. The Balaban J connectivity index is 1.56. The van der Waals surface area contributed by atoms with Crippen molar-refractivity contribution in [2.75, 3.05) is 19.0 Å². The molecule has 0 saturated carbocycles. The molecule has 2 aromatic rings. The molecule has 1 aliphatic rings. The predicted octanol–water partition coefficient (Wildman–Crippen LogP) is 3.88. The number of ether oxygens (including phenoxy) is 2. The molecule has 8 heteroatoms. The summed E-state index contributed by atoms with van der Waals surface area (Å²) in [5.74, 6) is 0.440. The van der Waals surface area contributed by atoms with E-state index in [1.165, 1.54) is 12.3 Å². The minimum atomic E-state index is -0.351. The number of fused-ring (bicyclic) bond motifs is 1. The molecule has 1 heterocycles. The molecule has 1 amide bonds. The van der Waals surface area contributed by atoms with Gasteiger partial charge in [0.2, 0.25) is 5.91 Å². The number of hydrazone groups is 1. The minimum Gasteiger partial charge on any atom is -0.489 e. The third-order valence-electron chi connectivity index (χ3n) is 3.42. The van der Waals surface area contributed by atoms with Gasteiger partial charge in [0.25, 0.3) is 0 Å². The Bertz CT molecular complexity index is 832. The van der Waals surface area contributed by atoms with Crippen LogP contribution in [0, 0.1) is 5.82 Å². The molecule has 1 aliphatic heterocycles. The van der Waals surface area contributed by atoms with E-state index < -0.39 is 0 Å². The van der Waals surface area contributed by atoms with Gasteiger partial charge in [-0.1, -0.05) is 23.7 Å². The second kappa shape index (κ2) is 8.91. The summed E-state index contributed by atoms with van der Waals surface area (Å²) in [5.41, 5.74) is 3.07. The van der Waals surface area contributed by atoms with E-state index in [2.05, 4.69) is 10.5 Å². The van der Waals surface area contributed by atoms with Gasteiger partial charge in [-0.2, -0.15) is 5.10 Å². The molecule has 3 rings (SSSR count). The highest BCUT2D eigenvalue weighted by molar-refractivity contribution is 8.00. The molecule has 26 heavy (non-hydrogen) atoms. The molecule has 5 nitrogen and oxygen atoms in total. The molecule has 0 radical (unpaired) electrons. The van der Waals surface area contributed by atoms with Gasteiger partial charge < -0.3 is 9.47 Å². The van der Waals surface area contributed by atoms with E-state index in [0.29, 0.717) is 40.2 Å². The second-order valence-corrected chi connectivity index (χ2v) is 6.82. The number of amides is 1. The van der Waals surface area contributed by atoms with Gasteiger partial charge in [-0.05, 0) is 29.8 Å². The number of rotatable bonds is 5. The fraction of sp³-hybridized carbons (Fsp3) is 0.222. The molecule has 0 bridgehead atoms. The van der Waals surface area contributed by atoms with Gasteiger partial charge in [-0.25, -0.2) is 9.82 Å². The Hall–Kier alpha value is -2.25. The zero-order chi connectivity index (χ0) is 18.4. The highest BCUT2D eigenvalue weighted by Crippen LogP contribution is 2.37. The third kappa shape index (κ3) is 4.89. The molecular formula is C18H16ClFN2O3S. The van der Waals surface area contributed by atoms with Crippen molar-refractivity contribution >= 4 is 35.5 Å². The van der Waals surface area contributed by atoms with E-state index in [9.17, 15) is 9.18 Å². The number of hydrogen-bond acceptors (Lipinski definition) is 5. The van der Waals surface area contributed by atoms with Crippen molar-refractivity contribution in [2.45, 2.75) is 11.3 Å². The lowest BCUT2D eigenvalue weighted by molar-refractivity contribution is -0.118. The average Bonchev–Trinajstić information content (AvgIpc) is 2.87. The number of carbonyl (C=O) groups is 1. The smallest absolute Gasteiger partial charge is 0.250 e. The molecule has 0 atom stereocenters. The Labute approximate surface area is 159 Å². The van der Waals surface area contributed by atoms with Crippen LogP contribution in [0.4, 0.5) is 4.39 Å². The maximum absolute atomic E-state index is 13.5. The van der Waals surface area contributed by atoms with Crippen molar-refractivity contribution in [2.24, 2.45) is 5.10 Å². The second-order valence-electron chi connectivity index (χ2n) is 5.39. The highest BCUT2D eigenvalue weighted by Gasteiger charge is 2.15. The van der Waals surface area contributed by atoms with E-state index in [4.69, 9.17) is 21.1 Å². The van der Waals surface area contributed by atoms with E-state index >= 15 is 0 Å². The van der Waals surface area contributed by atoms with Gasteiger partial charge in [0, 0.05) is 11.3 Å². The van der Waals surface area contributed by atoms with E-state index in [1.54, 1.807) is 30.3 Å². The number of halogens is 2. The highest BCUT2D eigenvalue weighted by atomic mass is 35.5. The quantitative estimate of drug-likeness (QED) is 0.475. The van der Waals surface area contributed by atoms with Crippen LogP contribution >= 0.6 is 23.4 Å². The van der Waals surface area contributed by atoms with Crippen LogP contribution in [-0.2, 0) is 4.79 Å². The predicted molar refractivity (Wildman–Crippen MR) is 99.9 cm³/mol. The Morgan fingerprint density at radius 3 is 2.96 bits per heavy atom. The zero-order valence-electron chi connectivity index (χ0n) is 13.7. The number of benzene rings is 2. The van der Waals surface area contributed by atoms with E-state index in [-0.39, 0.29) is 17.5 Å². The lowest BCUT2D eigenvalue weighted by Gasteiger charge is -2.09. The Morgan fingerprint density at radius 1 is 1.31 bits per heavy atom. The van der Waals surface area contributed by atoms with Crippen LogP contribution in [0.2, 0.25) is 5.02 Å². The van der Waals surface area contributed by atoms with Gasteiger partial charge in [0.05, 0.1) is 30.2 Å². The van der Waals surface area contributed by atoms with Gasteiger partial charge in [0.15, 0.2) is 11.5 Å². The summed E-state index contributed by atoms with van der Waals surface area (Å²) in [4.78, 5) is 12.2. The van der Waals surface area contributed by atoms with Crippen molar-refractivity contribution in [3.63, 3.8) is 0 Å². The Kier molecular flexibility index (Phi) is 6.35. The summed E-state index contributed by atoms with van der Waals surface area (Å²) in [6.45, 7) is 1.10. The van der Waals surface area contributed by atoms with E-state index in [0.717, 1.165) is 18.2 Å². The number of nitrogens with zero attached hydrogens (tertiary/aromatic N) is 1. The first-order valence-corrected chi connectivity index (χ1v) is 9.28. The van der Waals surface area contributed by atoms with Crippen LogP contribution in [0.25, 0.3) is 0 Å². The van der Waals surface area contributed by atoms with Gasteiger partial charge >= 0.3 is 0 Å². The molecular weight excluding hydrogens is 379 g/mol. The molecule has 0 aliphatic carbocycles. The maximum Gasteiger partial charge on any atom is 0.250 e. The van der Waals surface area contributed by atoms with E-state index in [1.807, 2.05) is 0 Å². The lowest BCUT2D eigenvalue weighted by Crippen LogP contribution is -2.19. The Morgan fingerprint density at radius 2 is 2.12 bits per heavy atom. The molecule has 0 saturated heterocycles. The topological polar surface area (TPSA) is 59.9 Å². The van der Waals surface area contributed by atoms with Crippen LogP contribution in [0.15, 0.2) is 46.4 Å². The number of hydrogen-bond donors (Lipinski definition) is 1. The summed E-state index contributed by atoms with van der Waals surface area (Å²) in [6.07, 6.45) is 2.25. The molecule has 2 aromatic carbocycles. The van der Waals surface area contributed by atoms with Crippen molar-refractivity contribution in [1.29, 1.82) is 0 Å². The monoisotopic (exact) mass is 394 g/mol. The third-order valence-corrected chi connectivity index (χ3v) is 4.75. The first kappa shape index (κ1) is 18.5. The van der Waals surface area contributed by atoms with Crippen LogP contribution in [0.1, 0.15) is 12.0 Å². The standard InChI is InChI=1S/C18H16ClFN2O3S/c19-13-8-12(9-15-18(13)25-7-3-6-24-15)10-21-22-17(23)11-26-16-5-2-1-4-14(16)20/h1-2,4-5,8-10H,3,6-7,11H2,(H,22,23)/b21-10-. The van der Waals surface area contributed by atoms with Crippen molar-refractivity contribution in [3.8, 4) is 11.5 Å². The van der Waals surface area contributed by atoms with Gasteiger partial charge in [0.1, 0.15) is 5.82 Å². The SMILES string of the molecule is O=C(CSc1ccccc1F)N/N=C\c1cc(Cl)c2c(c1)OCCCO2. The number of nitrogens with one attached hydrogen (secondary N) is 1. The summed E-state index contributed by atoms with van der Waals surface area (Å²) >= 11 is 7.31. The van der Waals surface area contributed by atoms with Crippen LogP contribution in [0.5, 0.6) is 11.5 Å². The minimum absolute atomic E-state index is 0.0557. The van der Waals surface area contributed by atoms with Crippen molar-refractivity contribution in [3.05, 3.63) is 52.8 Å². The number of thioether (sulfide) groups is 1. The largest absolute Gasteiger partial charge is 0.489 e. The first-order valence-electron chi connectivity index (χ1n) is 7.92. The molecule has 136 valence electrons. The van der Waals surface area contributed by atoms with Crippen molar-refractivity contribution in [1.82, 2.24) is 5.43 Å². The summed E-state index contributed by atoms with van der Waals surface area (Å²) in [7, 11) is 0. The zero-order valence-corrected chi connectivity index (χ0v) is 15.3. The lowest BCUT2D eigenvalue weighted by atomic mass is 10.2. The first-order chi connectivity index (χ1) is 12.6. The molecule has 0 aromatic heterocycles. The summed E-state index contributed by atoms with van der Waals surface area (Å²) in [5, 5.41) is 4.33. The van der Waals surface area contributed by atoms with Crippen LogP contribution in [-0.4, -0.2) is 31.1 Å². The molecule has 0 unspecified atom stereocenters. The fourth-order valence-electron chi connectivity index (χ4n) is 2.24. The fourth-order valence-corrected chi connectivity index (χ4v) is 3.25. The van der Waals surface area contributed by atoms with Gasteiger partial charge in [-0.3, -0.25) is 4.79 Å². The maximum atomic E-state index is 13.5. The summed E-state index contributed by atoms with van der Waals surface area (Å²) in [6, 6.07) is 9.72. The van der Waals surface area contributed by atoms with Crippen LogP contribution in [0.3, 0.4) is 0 Å². The molecule has 0 spiro atoms. The average molecular weight is 395 g/mol. The van der Waals surface area contributed by atoms with Gasteiger partial charge in [-0.15, -0.1) is 11.8 Å². The molecule has 1 N–H and O–H groups in total.